The molecule has 31 heavy (non-hydrogen) atoms. The smallest absolute Gasteiger partial charge is 0.437 e. The van der Waals surface area contributed by atoms with Gasteiger partial charge >= 0.3 is 18.0 Å². The van der Waals surface area contributed by atoms with Gasteiger partial charge in [-0.15, -0.1) is 5.06 Å². The fourth-order valence-electron chi connectivity index (χ4n) is 2.21. The quantitative estimate of drug-likeness (QED) is 0.213. The normalized spacial score (nSPS) is 15.9. The van der Waals surface area contributed by atoms with Crippen LogP contribution in [0.5, 0.6) is 0 Å². The van der Waals surface area contributed by atoms with Crippen LogP contribution in [0.15, 0.2) is 30.3 Å². The number of amides is 1. The Morgan fingerprint density at radius 3 is 1.94 bits per heavy atom. The summed E-state index contributed by atoms with van der Waals surface area (Å²) < 4.78 is 32.7. The molecule has 0 aliphatic heterocycles. The maximum Gasteiger partial charge on any atom is 0.437 e. The Labute approximate surface area is 178 Å². The first kappa shape index (κ1) is 26.3. The van der Waals surface area contributed by atoms with Gasteiger partial charge in [0.05, 0.1) is 6.26 Å². The second kappa shape index (κ2) is 9.15. The minimum Gasteiger partial charge on any atom is -0.478 e. The molecular formula is C17H25N3O10S. The summed E-state index contributed by atoms with van der Waals surface area (Å²) in [6.07, 6.45) is -1.14. The van der Waals surface area contributed by atoms with Crippen LogP contribution in [0.3, 0.4) is 0 Å². The number of hydrogen-bond donors (Lipinski definition) is 4. The van der Waals surface area contributed by atoms with Crippen LogP contribution in [0, 0.1) is 0 Å². The molecule has 1 aromatic rings. The maximum absolute atomic E-state index is 12.7. The minimum atomic E-state index is -4.69. The van der Waals surface area contributed by atoms with Gasteiger partial charge in [0.1, 0.15) is 12.2 Å². The van der Waals surface area contributed by atoms with Crippen molar-refractivity contribution in [2.24, 2.45) is 11.5 Å². The lowest BCUT2D eigenvalue weighted by Gasteiger charge is -2.43. The van der Waals surface area contributed by atoms with Gasteiger partial charge in [-0.2, -0.15) is 8.42 Å². The SMILES string of the molecule is CC(C)(C)OC(=O)N(OCc1ccccc1)[C@](N)(C(=O)O)C(N)(OS(C)(=O)=O)C(=O)O. The monoisotopic (exact) mass is 463 g/mol. The Bertz CT molecular complexity index is 931. The molecule has 14 heteroatoms. The standard InChI is InChI=1S/C17H25N3O10S/c1-15(2,3)29-14(25)20(28-10-11-8-6-5-7-9-11)16(18,12(21)22)17(19,13(23)24)30-31(4,26)27/h5-9H,10,18-19H2,1-4H3,(H,21,22)(H,23,24)/t16-,17?/m1/s1. The summed E-state index contributed by atoms with van der Waals surface area (Å²) in [5, 5.41) is 19.1. The van der Waals surface area contributed by atoms with Gasteiger partial charge in [-0.05, 0) is 26.3 Å². The number of ether oxygens (including phenoxy) is 1. The average molecular weight is 463 g/mol. The van der Waals surface area contributed by atoms with Gasteiger partial charge in [0.25, 0.3) is 21.5 Å². The van der Waals surface area contributed by atoms with Crippen LogP contribution >= 0.6 is 0 Å². The number of carboxylic acids is 2. The van der Waals surface area contributed by atoms with Crippen molar-refractivity contribution < 1.29 is 46.8 Å². The zero-order valence-electron chi connectivity index (χ0n) is 17.3. The van der Waals surface area contributed by atoms with Crippen molar-refractivity contribution in [3.63, 3.8) is 0 Å². The van der Waals surface area contributed by atoms with Crippen LogP contribution in [-0.4, -0.2) is 65.0 Å². The molecule has 0 radical (unpaired) electrons. The third-order valence-electron chi connectivity index (χ3n) is 3.58. The molecule has 0 spiro atoms. The van der Waals surface area contributed by atoms with E-state index in [4.69, 9.17) is 21.0 Å². The van der Waals surface area contributed by atoms with E-state index in [1.807, 2.05) is 0 Å². The first-order valence-electron chi connectivity index (χ1n) is 8.59. The van der Waals surface area contributed by atoms with E-state index >= 15 is 0 Å². The molecule has 1 rings (SSSR count). The van der Waals surface area contributed by atoms with Gasteiger partial charge in [-0.1, -0.05) is 30.3 Å². The molecule has 0 fully saturated rings. The fourth-order valence-corrected chi connectivity index (χ4v) is 2.89. The minimum absolute atomic E-state index is 0.160. The Hall–Kier alpha value is -2.78. The van der Waals surface area contributed by atoms with Crippen molar-refractivity contribution >= 4 is 28.1 Å². The lowest BCUT2D eigenvalue weighted by atomic mass is 9.97. The molecule has 174 valence electrons. The summed E-state index contributed by atoms with van der Waals surface area (Å²) in [4.78, 5) is 41.9. The number of rotatable bonds is 9. The number of carbonyl (C=O) groups excluding carboxylic acids is 1. The molecule has 0 saturated heterocycles. The molecule has 0 aliphatic rings. The molecule has 1 aromatic carbocycles. The van der Waals surface area contributed by atoms with Gasteiger partial charge in [-0.25, -0.2) is 18.6 Å². The number of hydrogen-bond acceptors (Lipinski definition) is 10. The predicted octanol–water partition coefficient (Wildman–Crippen LogP) is -0.189. The zero-order chi connectivity index (χ0) is 24.3. The number of benzene rings is 1. The molecular weight excluding hydrogens is 438 g/mol. The number of nitrogens with two attached hydrogens (primary N) is 2. The van der Waals surface area contributed by atoms with E-state index in [1.165, 1.54) is 20.8 Å². The Morgan fingerprint density at radius 2 is 1.55 bits per heavy atom. The van der Waals surface area contributed by atoms with Crippen LogP contribution in [0.1, 0.15) is 26.3 Å². The number of carbonyl (C=O) groups is 3. The van der Waals surface area contributed by atoms with E-state index in [-0.39, 0.29) is 5.06 Å². The summed E-state index contributed by atoms with van der Waals surface area (Å²) in [7, 11) is -4.69. The topological polar surface area (TPSA) is 209 Å². The lowest BCUT2D eigenvalue weighted by molar-refractivity contribution is -0.253. The molecule has 1 unspecified atom stereocenters. The number of hydroxylamine groups is 2. The highest BCUT2D eigenvalue weighted by atomic mass is 32.2. The van der Waals surface area contributed by atoms with E-state index in [2.05, 4.69) is 4.18 Å². The molecule has 2 atom stereocenters. The molecule has 0 heterocycles. The third-order valence-corrected chi connectivity index (χ3v) is 4.14. The van der Waals surface area contributed by atoms with Gasteiger partial charge in [-0.3, -0.25) is 16.3 Å². The van der Waals surface area contributed by atoms with E-state index in [0.717, 1.165) is 0 Å². The van der Waals surface area contributed by atoms with Crippen LogP contribution < -0.4 is 11.5 Å². The van der Waals surface area contributed by atoms with Crippen molar-refractivity contribution in [1.29, 1.82) is 0 Å². The summed E-state index contributed by atoms with van der Waals surface area (Å²) in [6.45, 7) is 3.80. The molecule has 0 aromatic heterocycles. The van der Waals surface area contributed by atoms with Crippen LogP contribution in [0.4, 0.5) is 4.79 Å². The Kier molecular flexibility index (Phi) is 7.75. The van der Waals surface area contributed by atoms with Crippen molar-refractivity contribution in [1.82, 2.24) is 5.06 Å². The molecule has 6 N–H and O–H groups in total. The van der Waals surface area contributed by atoms with E-state index < -0.39 is 51.7 Å². The summed E-state index contributed by atoms with van der Waals surface area (Å²) in [5.74, 6) is -4.56. The molecule has 13 nitrogen and oxygen atoms in total. The third kappa shape index (κ3) is 6.35. The zero-order valence-corrected chi connectivity index (χ0v) is 18.1. The number of nitrogens with zero attached hydrogens (tertiary/aromatic N) is 1. The average Bonchev–Trinajstić information content (AvgIpc) is 2.59. The summed E-state index contributed by atoms with van der Waals surface area (Å²) in [5.41, 5.74) is 3.21. The maximum atomic E-state index is 12.7. The van der Waals surface area contributed by atoms with Gasteiger partial charge in [0, 0.05) is 0 Å². The Balaban J connectivity index is 3.62. The second-order valence-electron chi connectivity index (χ2n) is 7.43. The highest BCUT2D eigenvalue weighted by molar-refractivity contribution is 7.86. The lowest BCUT2D eigenvalue weighted by Crippen LogP contribution is -2.82. The Morgan fingerprint density at radius 1 is 1.03 bits per heavy atom. The molecule has 1 amide bonds. The molecule has 0 bridgehead atoms. The van der Waals surface area contributed by atoms with E-state index in [0.29, 0.717) is 11.8 Å². The first-order valence-corrected chi connectivity index (χ1v) is 10.4. The van der Waals surface area contributed by atoms with Crippen molar-refractivity contribution in [3.05, 3.63) is 35.9 Å². The molecule has 0 aliphatic carbocycles. The summed E-state index contributed by atoms with van der Waals surface area (Å²) in [6, 6.07) is 7.99. The van der Waals surface area contributed by atoms with Crippen molar-refractivity contribution in [2.45, 2.75) is 44.4 Å². The van der Waals surface area contributed by atoms with Crippen molar-refractivity contribution in [2.75, 3.05) is 6.26 Å². The highest BCUT2D eigenvalue weighted by Gasteiger charge is 2.67. The largest absolute Gasteiger partial charge is 0.478 e. The molecule has 0 saturated carbocycles. The van der Waals surface area contributed by atoms with Crippen LogP contribution in [-0.2, 0) is 40.1 Å². The van der Waals surface area contributed by atoms with Crippen LogP contribution in [0.2, 0.25) is 0 Å². The summed E-state index contributed by atoms with van der Waals surface area (Å²) >= 11 is 0. The second-order valence-corrected chi connectivity index (χ2v) is 9.01. The van der Waals surface area contributed by atoms with Gasteiger partial charge in [0.15, 0.2) is 0 Å². The first-order chi connectivity index (χ1) is 13.9. The van der Waals surface area contributed by atoms with Crippen molar-refractivity contribution in [3.8, 4) is 0 Å². The van der Waals surface area contributed by atoms with E-state index in [9.17, 15) is 33.0 Å². The van der Waals surface area contributed by atoms with Gasteiger partial charge < -0.3 is 14.9 Å². The van der Waals surface area contributed by atoms with Crippen LogP contribution in [0.25, 0.3) is 0 Å². The number of aliphatic carboxylic acids is 2. The highest BCUT2D eigenvalue weighted by Crippen LogP contribution is 2.29. The fraction of sp³-hybridized carbons (Fsp3) is 0.471. The van der Waals surface area contributed by atoms with Gasteiger partial charge in [0.2, 0.25) is 0 Å². The number of carboxylic acid groups (broad SMARTS) is 2. The predicted molar refractivity (Wildman–Crippen MR) is 104 cm³/mol. The van der Waals surface area contributed by atoms with E-state index in [1.54, 1.807) is 30.3 Å².